The normalized spacial score (nSPS) is 11.6. The summed E-state index contributed by atoms with van der Waals surface area (Å²) in [7, 11) is 0. The van der Waals surface area contributed by atoms with Crippen molar-refractivity contribution in [1.82, 2.24) is 14.1 Å². The number of para-hydroxylation sites is 2. The van der Waals surface area contributed by atoms with Gasteiger partial charge < -0.3 is 9.13 Å². The Morgan fingerprint density at radius 1 is 0.250 bits per heavy atom. The van der Waals surface area contributed by atoms with Crippen LogP contribution >= 0.6 is 0 Å². The van der Waals surface area contributed by atoms with Gasteiger partial charge in [-0.2, -0.15) is 0 Å². The maximum atomic E-state index is 5.17. The van der Waals surface area contributed by atoms with Crippen LogP contribution in [0.3, 0.4) is 0 Å². The molecule has 3 nitrogen and oxygen atoms in total. The van der Waals surface area contributed by atoms with Crippen LogP contribution < -0.4 is 0 Å². The third kappa shape index (κ3) is 5.32. The summed E-state index contributed by atoms with van der Waals surface area (Å²) in [6.07, 6.45) is 0. The molecule has 3 aromatic heterocycles. The molecule has 0 fully saturated rings. The minimum absolute atomic E-state index is 0.947. The highest BCUT2D eigenvalue weighted by Gasteiger charge is 2.18. The molecule has 0 aliphatic rings. The zero-order valence-corrected chi connectivity index (χ0v) is 30.5. The zero-order chi connectivity index (χ0) is 37.0. The largest absolute Gasteiger partial charge is 0.309 e. The second kappa shape index (κ2) is 13.1. The van der Waals surface area contributed by atoms with Crippen LogP contribution in [0.2, 0.25) is 0 Å². The van der Waals surface area contributed by atoms with Crippen molar-refractivity contribution in [1.29, 1.82) is 0 Å². The molecular weight excluding hydrogens is 679 g/mol. The monoisotopic (exact) mass is 713 g/mol. The number of hydrogen-bond acceptors (Lipinski definition) is 1. The molecule has 0 saturated carbocycles. The summed E-state index contributed by atoms with van der Waals surface area (Å²) in [5.74, 6) is 0. The SMILES string of the molecule is c1ccc(-c2ccc(-n3c4ccccc4c4ccc(-c5ccc6c(c5)c5ccccc5n6-c5cc(-c6ccccc6)nc(-c6ccccc6)c5)cc43)cc2)cc1. The quantitative estimate of drug-likeness (QED) is 0.168. The van der Waals surface area contributed by atoms with Gasteiger partial charge in [-0.15, -0.1) is 0 Å². The summed E-state index contributed by atoms with van der Waals surface area (Å²) in [5, 5.41) is 4.93. The van der Waals surface area contributed by atoms with Gasteiger partial charge in [0, 0.05) is 38.4 Å². The summed E-state index contributed by atoms with van der Waals surface area (Å²) in [5.41, 5.74) is 15.8. The molecule has 0 unspecified atom stereocenters. The lowest BCUT2D eigenvalue weighted by Gasteiger charge is -2.13. The Bertz CT molecular complexity index is 3150. The lowest BCUT2D eigenvalue weighted by molar-refractivity contribution is 1.16. The fourth-order valence-electron chi connectivity index (χ4n) is 8.45. The molecule has 56 heavy (non-hydrogen) atoms. The van der Waals surface area contributed by atoms with Crippen LogP contribution in [-0.2, 0) is 0 Å². The number of hydrogen-bond donors (Lipinski definition) is 0. The minimum atomic E-state index is 0.947. The Hall–Kier alpha value is -7.49. The molecule has 8 aromatic carbocycles. The second-order valence-corrected chi connectivity index (χ2v) is 14.4. The van der Waals surface area contributed by atoms with Gasteiger partial charge >= 0.3 is 0 Å². The van der Waals surface area contributed by atoms with E-state index in [-0.39, 0.29) is 0 Å². The van der Waals surface area contributed by atoms with Crippen molar-refractivity contribution in [3.63, 3.8) is 0 Å². The average Bonchev–Trinajstić information content (AvgIpc) is 3.79. The first kappa shape index (κ1) is 32.0. The predicted molar refractivity (Wildman–Crippen MR) is 235 cm³/mol. The predicted octanol–water partition coefficient (Wildman–Crippen LogP) is 13.9. The highest BCUT2D eigenvalue weighted by Crippen LogP contribution is 2.39. The molecular formula is C53H35N3. The maximum Gasteiger partial charge on any atom is 0.0730 e. The van der Waals surface area contributed by atoms with E-state index >= 15 is 0 Å². The molecule has 0 radical (unpaired) electrons. The Morgan fingerprint density at radius 2 is 0.679 bits per heavy atom. The van der Waals surface area contributed by atoms with Crippen molar-refractivity contribution < 1.29 is 0 Å². The topological polar surface area (TPSA) is 22.8 Å². The number of fused-ring (bicyclic) bond motifs is 6. The molecule has 3 heterocycles. The van der Waals surface area contributed by atoms with Crippen molar-refractivity contribution in [3.05, 3.63) is 212 Å². The van der Waals surface area contributed by atoms with E-state index in [9.17, 15) is 0 Å². The summed E-state index contributed by atoms with van der Waals surface area (Å²) in [6.45, 7) is 0. The molecule has 11 rings (SSSR count). The van der Waals surface area contributed by atoms with E-state index in [2.05, 4.69) is 221 Å². The Labute approximate surface area is 325 Å². The van der Waals surface area contributed by atoms with Crippen molar-refractivity contribution in [2.24, 2.45) is 0 Å². The lowest BCUT2D eigenvalue weighted by Crippen LogP contribution is -1.98. The van der Waals surface area contributed by atoms with Crippen molar-refractivity contribution in [2.45, 2.75) is 0 Å². The number of benzene rings is 8. The zero-order valence-electron chi connectivity index (χ0n) is 30.5. The van der Waals surface area contributed by atoms with Gasteiger partial charge in [-0.3, -0.25) is 0 Å². The van der Waals surface area contributed by atoms with E-state index in [1.807, 2.05) is 0 Å². The van der Waals surface area contributed by atoms with Crippen LogP contribution in [0.5, 0.6) is 0 Å². The molecule has 0 atom stereocenters. The van der Waals surface area contributed by atoms with E-state index in [4.69, 9.17) is 4.98 Å². The van der Waals surface area contributed by atoms with Crippen LogP contribution in [0.4, 0.5) is 0 Å². The number of aromatic nitrogens is 3. The van der Waals surface area contributed by atoms with E-state index in [1.54, 1.807) is 0 Å². The smallest absolute Gasteiger partial charge is 0.0730 e. The summed E-state index contributed by atoms with van der Waals surface area (Å²) < 4.78 is 4.81. The van der Waals surface area contributed by atoms with E-state index in [0.29, 0.717) is 0 Å². The van der Waals surface area contributed by atoms with E-state index < -0.39 is 0 Å². The second-order valence-electron chi connectivity index (χ2n) is 14.4. The van der Waals surface area contributed by atoms with Crippen LogP contribution in [0.25, 0.3) is 99.8 Å². The molecule has 0 aliphatic heterocycles. The Balaban J connectivity index is 1.08. The number of pyridine rings is 1. The molecule has 11 aromatic rings. The van der Waals surface area contributed by atoms with Crippen molar-refractivity contribution >= 4 is 43.6 Å². The Kier molecular flexibility index (Phi) is 7.49. The van der Waals surface area contributed by atoms with Crippen molar-refractivity contribution in [3.8, 4) is 56.1 Å². The van der Waals surface area contributed by atoms with Crippen LogP contribution in [0, 0.1) is 0 Å². The van der Waals surface area contributed by atoms with Gasteiger partial charge in [0.15, 0.2) is 0 Å². The van der Waals surface area contributed by atoms with Crippen LogP contribution in [0.15, 0.2) is 212 Å². The molecule has 0 bridgehead atoms. The van der Waals surface area contributed by atoms with Gasteiger partial charge in [0.1, 0.15) is 0 Å². The number of rotatable bonds is 6. The third-order valence-electron chi connectivity index (χ3n) is 11.1. The summed E-state index contributed by atoms with van der Waals surface area (Å²) >= 11 is 0. The van der Waals surface area contributed by atoms with E-state index in [1.165, 1.54) is 60.3 Å². The molecule has 3 heteroatoms. The van der Waals surface area contributed by atoms with Crippen LogP contribution in [-0.4, -0.2) is 14.1 Å². The molecule has 0 amide bonds. The maximum absolute atomic E-state index is 5.17. The van der Waals surface area contributed by atoms with Gasteiger partial charge in [-0.05, 0) is 76.9 Å². The Morgan fingerprint density at radius 3 is 1.30 bits per heavy atom. The lowest BCUT2D eigenvalue weighted by atomic mass is 10.0. The fourth-order valence-corrected chi connectivity index (χ4v) is 8.45. The first-order chi connectivity index (χ1) is 27.8. The fraction of sp³-hybridized carbons (Fsp3) is 0. The van der Waals surface area contributed by atoms with Crippen molar-refractivity contribution in [2.75, 3.05) is 0 Å². The van der Waals surface area contributed by atoms with E-state index in [0.717, 1.165) is 39.4 Å². The van der Waals surface area contributed by atoms with Gasteiger partial charge in [-0.25, -0.2) is 4.98 Å². The summed E-state index contributed by atoms with van der Waals surface area (Å²) in [6, 6.07) is 76.3. The highest BCUT2D eigenvalue weighted by atomic mass is 15.0. The molecule has 0 spiro atoms. The molecule has 0 aliphatic carbocycles. The van der Waals surface area contributed by atoms with Crippen LogP contribution in [0.1, 0.15) is 0 Å². The molecule has 0 N–H and O–H groups in total. The third-order valence-corrected chi connectivity index (χ3v) is 11.1. The molecule has 262 valence electrons. The molecule has 0 saturated heterocycles. The highest BCUT2D eigenvalue weighted by molar-refractivity contribution is 6.12. The average molecular weight is 714 g/mol. The van der Waals surface area contributed by atoms with Gasteiger partial charge in [0.25, 0.3) is 0 Å². The summed E-state index contributed by atoms with van der Waals surface area (Å²) in [4.78, 5) is 5.17. The number of nitrogens with zero attached hydrogens (tertiary/aromatic N) is 3. The standard InChI is InChI=1S/C53H35N3/c1-4-14-36(15-5-1)37-24-28-42(29-25-37)55-50-22-12-10-20-44(50)46-30-26-41(33-53(46)55)40-27-31-52-47(32-40)45-21-11-13-23-51(45)56(52)43-34-48(38-16-6-2-7-17-38)54-49(35-43)39-18-8-3-9-19-39/h1-35H. The first-order valence-corrected chi connectivity index (χ1v) is 19.1. The van der Waals surface area contributed by atoms with Gasteiger partial charge in [0.2, 0.25) is 0 Å². The van der Waals surface area contributed by atoms with Gasteiger partial charge in [0.05, 0.1) is 39.1 Å². The van der Waals surface area contributed by atoms with Gasteiger partial charge in [-0.1, -0.05) is 158 Å². The first-order valence-electron chi connectivity index (χ1n) is 19.1. The minimum Gasteiger partial charge on any atom is -0.309 e.